The van der Waals surface area contributed by atoms with Crippen molar-refractivity contribution in [3.8, 4) is 11.1 Å². The zero-order chi connectivity index (χ0) is 14.8. The first-order valence-corrected chi connectivity index (χ1v) is 7.34. The van der Waals surface area contributed by atoms with Gasteiger partial charge in [-0.15, -0.1) is 0 Å². The van der Waals surface area contributed by atoms with Crippen LogP contribution in [0.15, 0.2) is 36.4 Å². The maximum absolute atomic E-state index is 12.0. The van der Waals surface area contributed by atoms with Crippen molar-refractivity contribution < 1.29 is 9.53 Å². The zero-order valence-corrected chi connectivity index (χ0v) is 12.4. The van der Waals surface area contributed by atoms with Crippen LogP contribution in [0.4, 0.5) is 0 Å². The molecular weight excluding hydrogens is 262 g/mol. The summed E-state index contributed by atoms with van der Waals surface area (Å²) in [6.07, 6.45) is 2.79. The number of aromatic nitrogens is 1. The Morgan fingerprint density at radius 3 is 2.76 bits per heavy atom. The molecule has 0 bridgehead atoms. The van der Waals surface area contributed by atoms with Crippen molar-refractivity contribution in [3.05, 3.63) is 53.3 Å². The highest BCUT2D eigenvalue weighted by Gasteiger charge is 2.30. The topological polar surface area (TPSA) is 39.2 Å². The number of esters is 1. The number of methoxy groups -OCH3 is 1. The van der Waals surface area contributed by atoms with E-state index in [0.717, 1.165) is 30.7 Å². The molecule has 0 N–H and O–H groups in total. The van der Waals surface area contributed by atoms with Gasteiger partial charge < -0.3 is 4.74 Å². The number of carbonyl (C=O) groups is 1. The lowest BCUT2D eigenvalue weighted by Crippen LogP contribution is -2.22. The molecule has 3 heteroatoms. The summed E-state index contributed by atoms with van der Waals surface area (Å²) in [6.45, 7) is 1.98. The molecule has 0 spiro atoms. The smallest absolute Gasteiger partial charge is 0.314 e. The van der Waals surface area contributed by atoms with Gasteiger partial charge in [0.05, 0.1) is 18.7 Å². The van der Waals surface area contributed by atoms with Crippen LogP contribution in [0.2, 0.25) is 0 Å². The van der Waals surface area contributed by atoms with Gasteiger partial charge in [0.1, 0.15) is 0 Å². The number of hydrogen-bond acceptors (Lipinski definition) is 3. The van der Waals surface area contributed by atoms with E-state index in [4.69, 9.17) is 4.74 Å². The molecular formula is C18H19NO2. The molecule has 1 atom stereocenters. The molecule has 1 aliphatic carbocycles. The minimum absolute atomic E-state index is 0.173. The van der Waals surface area contributed by atoms with Crippen LogP contribution < -0.4 is 0 Å². The summed E-state index contributed by atoms with van der Waals surface area (Å²) >= 11 is 0. The molecule has 1 heterocycles. The van der Waals surface area contributed by atoms with Crippen molar-refractivity contribution in [1.82, 2.24) is 4.98 Å². The third-order valence-electron chi connectivity index (χ3n) is 4.10. The van der Waals surface area contributed by atoms with Gasteiger partial charge in [0.15, 0.2) is 0 Å². The minimum Gasteiger partial charge on any atom is -0.469 e. The van der Waals surface area contributed by atoms with Crippen LogP contribution in [0.3, 0.4) is 0 Å². The number of nitrogens with zero attached hydrogens (tertiary/aromatic N) is 1. The third-order valence-corrected chi connectivity index (χ3v) is 4.10. The van der Waals surface area contributed by atoms with Crippen molar-refractivity contribution in [2.45, 2.75) is 32.1 Å². The first kappa shape index (κ1) is 13.8. The van der Waals surface area contributed by atoms with E-state index in [1.807, 2.05) is 25.1 Å². The number of carbonyl (C=O) groups excluding carboxylic acids is 1. The molecule has 0 fully saturated rings. The molecule has 21 heavy (non-hydrogen) atoms. The lowest BCUT2D eigenvalue weighted by atomic mass is 9.82. The molecule has 1 unspecified atom stereocenters. The maximum Gasteiger partial charge on any atom is 0.314 e. The summed E-state index contributed by atoms with van der Waals surface area (Å²) in [7, 11) is 1.45. The third kappa shape index (κ3) is 2.56. The van der Waals surface area contributed by atoms with E-state index in [9.17, 15) is 4.79 Å². The summed E-state index contributed by atoms with van der Waals surface area (Å²) in [5, 5.41) is 0. The second kappa shape index (κ2) is 5.68. The molecule has 0 saturated heterocycles. The lowest BCUT2D eigenvalue weighted by Gasteiger charge is -2.25. The van der Waals surface area contributed by atoms with Crippen LogP contribution in [0, 0.1) is 6.92 Å². The Kier molecular flexibility index (Phi) is 3.74. The molecule has 108 valence electrons. The quantitative estimate of drug-likeness (QED) is 0.789. The molecule has 0 saturated carbocycles. The second-order valence-electron chi connectivity index (χ2n) is 5.51. The van der Waals surface area contributed by atoms with Gasteiger partial charge in [0.25, 0.3) is 0 Å². The fourth-order valence-corrected chi connectivity index (χ4v) is 3.14. The molecule has 0 aliphatic heterocycles. The summed E-state index contributed by atoms with van der Waals surface area (Å²) in [5.41, 5.74) is 5.44. The normalized spacial score (nSPS) is 17.1. The molecule has 0 amide bonds. The average molecular weight is 281 g/mol. The number of aryl methyl sites for hydroxylation is 1. The van der Waals surface area contributed by atoms with Gasteiger partial charge in [-0.1, -0.05) is 30.3 Å². The fourth-order valence-electron chi connectivity index (χ4n) is 3.14. The van der Waals surface area contributed by atoms with E-state index >= 15 is 0 Å². The number of benzene rings is 1. The maximum atomic E-state index is 12.0. The van der Waals surface area contributed by atoms with E-state index in [-0.39, 0.29) is 11.9 Å². The summed E-state index contributed by atoms with van der Waals surface area (Å²) in [5.74, 6) is -0.394. The van der Waals surface area contributed by atoms with Crippen LogP contribution in [-0.4, -0.2) is 18.1 Å². The Labute approximate surface area is 125 Å². The molecule has 0 radical (unpaired) electrons. The minimum atomic E-state index is -0.221. The predicted molar refractivity (Wildman–Crippen MR) is 82.1 cm³/mol. The van der Waals surface area contributed by atoms with Crippen molar-refractivity contribution in [1.29, 1.82) is 0 Å². The SMILES string of the molecule is COC(=O)C1CCCc2c(-c3ccccc3)cc(C)nc21. The van der Waals surface area contributed by atoms with Gasteiger partial charge in [-0.2, -0.15) is 0 Å². The van der Waals surface area contributed by atoms with Crippen molar-refractivity contribution in [2.24, 2.45) is 0 Å². The van der Waals surface area contributed by atoms with Gasteiger partial charge >= 0.3 is 5.97 Å². The predicted octanol–water partition coefficient (Wildman–Crippen LogP) is 3.65. The molecule has 1 aromatic carbocycles. The number of ether oxygens (including phenoxy) is 1. The molecule has 3 nitrogen and oxygen atoms in total. The number of pyridine rings is 1. The Morgan fingerprint density at radius 1 is 1.29 bits per heavy atom. The van der Waals surface area contributed by atoms with Gasteiger partial charge in [0.2, 0.25) is 0 Å². The van der Waals surface area contributed by atoms with E-state index in [0.29, 0.717) is 0 Å². The number of fused-ring (bicyclic) bond motifs is 1. The van der Waals surface area contributed by atoms with Gasteiger partial charge in [0, 0.05) is 5.69 Å². The zero-order valence-electron chi connectivity index (χ0n) is 12.4. The lowest BCUT2D eigenvalue weighted by molar-refractivity contribution is -0.142. The Hall–Kier alpha value is -2.16. The summed E-state index contributed by atoms with van der Waals surface area (Å²) < 4.78 is 4.95. The summed E-state index contributed by atoms with van der Waals surface area (Å²) in [6, 6.07) is 12.4. The van der Waals surface area contributed by atoms with Crippen molar-refractivity contribution >= 4 is 5.97 Å². The average Bonchev–Trinajstić information content (AvgIpc) is 2.53. The van der Waals surface area contributed by atoms with Gasteiger partial charge in [-0.05, 0) is 48.9 Å². The highest BCUT2D eigenvalue weighted by Crippen LogP contribution is 2.37. The molecule has 1 aromatic heterocycles. The van der Waals surface area contributed by atoms with E-state index in [1.165, 1.54) is 23.8 Å². The van der Waals surface area contributed by atoms with Crippen LogP contribution in [0.1, 0.15) is 35.7 Å². The van der Waals surface area contributed by atoms with E-state index < -0.39 is 0 Å². The molecule has 3 rings (SSSR count). The van der Waals surface area contributed by atoms with Crippen LogP contribution >= 0.6 is 0 Å². The van der Waals surface area contributed by atoms with E-state index in [1.54, 1.807) is 0 Å². The highest BCUT2D eigenvalue weighted by atomic mass is 16.5. The van der Waals surface area contributed by atoms with Crippen molar-refractivity contribution in [3.63, 3.8) is 0 Å². The monoisotopic (exact) mass is 281 g/mol. The Morgan fingerprint density at radius 2 is 2.05 bits per heavy atom. The first-order chi connectivity index (χ1) is 10.2. The summed E-state index contributed by atoms with van der Waals surface area (Å²) in [4.78, 5) is 16.7. The largest absolute Gasteiger partial charge is 0.469 e. The fraction of sp³-hybridized carbons (Fsp3) is 0.333. The standard InChI is InChI=1S/C18H19NO2/c1-12-11-16(13-7-4-3-5-8-13)14-9-6-10-15(17(14)19-12)18(20)21-2/h3-5,7-8,11,15H,6,9-10H2,1-2H3. The van der Waals surface area contributed by atoms with E-state index in [2.05, 4.69) is 23.2 Å². The molecule has 1 aliphatic rings. The van der Waals surface area contributed by atoms with Crippen molar-refractivity contribution in [2.75, 3.05) is 7.11 Å². The number of rotatable bonds is 2. The van der Waals surface area contributed by atoms with Gasteiger partial charge in [-0.25, -0.2) is 0 Å². The van der Waals surface area contributed by atoms with Gasteiger partial charge in [-0.3, -0.25) is 9.78 Å². The number of hydrogen-bond donors (Lipinski definition) is 0. The Balaban J connectivity index is 2.16. The Bertz CT molecular complexity index is 664. The van der Waals surface area contributed by atoms with Crippen LogP contribution in [0.25, 0.3) is 11.1 Å². The molecule has 2 aromatic rings. The second-order valence-corrected chi connectivity index (χ2v) is 5.51. The first-order valence-electron chi connectivity index (χ1n) is 7.34. The highest BCUT2D eigenvalue weighted by molar-refractivity contribution is 5.80. The van der Waals surface area contributed by atoms with Crippen LogP contribution in [0.5, 0.6) is 0 Å². The van der Waals surface area contributed by atoms with Crippen LogP contribution in [-0.2, 0) is 16.0 Å².